The first-order chi connectivity index (χ1) is 9.70. The predicted molar refractivity (Wildman–Crippen MR) is 74.3 cm³/mol. The molecule has 0 amide bonds. The highest BCUT2D eigenvalue weighted by molar-refractivity contribution is 5.37. The molecule has 1 aliphatic heterocycles. The van der Waals surface area contributed by atoms with Crippen molar-refractivity contribution < 1.29 is 9.13 Å². The second-order valence-corrected chi connectivity index (χ2v) is 5.17. The zero-order valence-electron chi connectivity index (χ0n) is 11.5. The van der Waals surface area contributed by atoms with Crippen molar-refractivity contribution in [2.75, 3.05) is 13.1 Å². The highest BCUT2D eigenvalue weighted by Crippen LogP contribution is 2.28. The summed E-state index contributed by atoms with van der Waals surface area (Å²) in [5, 5.41) is 7.52. The van der Waals surface area contributed by atoms with Crippen molar-refractivity contribution in [2.45, 2.75) is 18.9 Å². The van der Waals surface area contributed by atoms with Gasteiger partial charge in [-0.05, 0) is 36.7 Å². The molecule has 2 aromatic rings. The van der Waals surface area contributed by atoms with Gasteiger partial charge in [0.2, 0.25) is 0 Å². The molecule has 106 valence electrons. The van der Waals surface area contributed by atoms with Gasteiger partial charge in [-0.25, -0.2) is 4.39 Å². The van der Waals surface area contributed by atoms with E-state index in [0.717, 1.165) is 37.2 Å². The van der Waals surface area contributed by atoms with Crippen LogP contribution in [0.2, 0.25) is 0 Å². The summed E-state index contributed by atoms with van der Waals surface area (Å²) in [6.07, 6.45) is 5.72. The fourth-order valence-corrected chi connectivity index (χ4v) is 2.50. The van der Waals surface area contributed by atoms with E-state index in [-0.39, 0.29) is 11.9 Å². The molecule has 1 atom stereocenters. The maximum absolute atomic E-state index is 13.1. The van der Waals surface area contributed by atoms with Gasteiger partial charge in [0.15, 0.2) is 0 Å². The molecule has 0 aliphatic carbocycles. The lowest BCUT2D eigenvalue weighted by molar-refractivity contribution is 0.228. The zero-order valence-corrected chi connectivity index (χ0v) is 11.5. The van der Waals surface area contributed by atoms with Crippen molar-refractivity contribution in [1.29, 1.82) is 0 Å². The number of hydrogen-bond acceptors (Lipinski definition) is 3. The summed E-state index contributed by atoms with van der Waals surface area (Å²) >= 11 is 0. The maximum Gasteiger partial charge on any atom is 0.123 e. The average molecular weight is 275 g/mol. The van der Waals surface area contributed by atoms with Crippen molar-refractivity contribution in [2.24, 2.45) is 7.05 Å². The third kappa shape index (κ3) is 2.99. The monoisotopic (exact) mass is 275 g/mol. The van der Waals surface area contributed by atoms with Crippen LogP contribution in [0.4, 0.5) is 4.39 Å². The van der Waals surface area contributed by atoms with Crippen LogP contribution in [0, 0.1) is 5.82 Å². The van der Waals surface area contributed by atoms with Crippen molar-refractivity contribution >= 4 is 0 Å². The van der Waals surface area contributed by atoms with E-state index < -0.39 is 0 Å². The van der Waals surface area contributed by atoms with Crippen LogP contribution in [-0.4, -0.2) is 29.0 Å². The molecule has 1 aromatic carbocycles. The number of aromatic nitrogens is 2. The van der Waals surface area contributed by atoms with Gasteiger partial charge in [0.25, 0.3) is 0 Å². The highest BCUT2D eigenvalue weighted by Gasteiger charge is 2.22. The van der Waals surface area contributed by atoms with Gasteiger partial charge < -0.3 is 10.1 Å². The Morgan fingerprint density at radius 3 is 3.20 bits per heavy atom. The minimum atomic E-state index is -0.197. The molecule has 1 N–H and O–H groups in total. The maximum atomic E-state index is 13.1. The van der Waals surface area contributed by atoms with Crippen LogP contribution in [0.15, 0.2) is 30.6 Å². The van der Waals surface area contributed by atoms with Gasteiger partial charge in [-0.15, -0.1) is 0 Å². The van der Waals surface area contributed by atoms with Gasteiger partial charge in [-0.2, -0.15) is 5.10 Å². The van der Waals surface area contributed by atoms with Crippen LogP contribution in [0.25, 0.3) is 0 Å². The second kappa shape index (κ2) is 5.63. The Bertz CT molecular complexity index is 597. The predicted octanol–water partition coefficient (Wildman–Crippen LogP) is 1.69. The highest BCUT2D eigenvalue weighted by atomic mass is 19.1. The van der Waals surface area contributed by atoms with E-state index in [1.807, 2.05) is 19.4 Å². The number of benzene rings is 1. The Kier molecular flexibility index (Phi) is 3.69. The first-order valence-electron chi connectivity index (χ1n) is 6.84. The van der Waals surface area contributed by atoms with Gasteiger partial charge in [-0.1, -0.05) is 0 Å². The van der Waals surface area contributed by atoms with Crippen LogP contribution in [-0.2, 0) is 19.9 Å². The molecule has 20 heavy (non-hydrogen) atoms. The molecule has 0 fully saturated rings. The molecule has 1 unspecified atom stereocenters. The Morgan fingerprint density at radius 1 is 1.50 bits per heavy atom. The van der Waals surface area contributed by atoms with E-state index >= 15 is 0 Å². The summed E-state index contributed by atoms with van der Waals surface area (Å²) in [4.78, 5) is 0. The van der Waals surface area contributed by atoms with Gasteiger partial charge in [0.1, 0.15) is 17.7 Å². The van der Waals surface area contributed by atoms with Gasteiger partial charge in [-0.3, -0.25) is 4.68 Å². The molecule has 4 nitrogen and oxygen atoms in total. The average Bonchev–Trinajstić information content (AvgIpc) is 3.00. The van der Waals surface area contributed by atoms with E-state index in [1.165, 1.54) is 11.6 Å². The van der Waals surface area contributed by atoms with E-state index in [4.69, 9.17) is 4.74 Å². The van der Waals surface area contributed by atoms with Crippen LogP contribution >= 0.6 is 0 Å². The quantitative estimate of drug-likeness (QED) is 0.844. The Hall–Kier alpha value is -1.88. The lowest BCUT2D eigenvalue weighted by Crippen LogP contribution is -2.31. The minimum Gasteiger partial charge on any atom is -0.488 e. The molecule has 0 spiro atoms. The third-order valence-corrected chi connectivity index (χ3v) is 3.48. The topological polar surface area (TPSA) is 39.1 Å². The molecule has 5 heteroatoms. The zero-order chi connectivity index (χ0) is 13.9. The van der Waals surface area contributed by atoms with E-state index in [2.05, 4.69) is 10.4 Å². The van der Waals surface area contributed by atoms with Crippen molar-refractivity contribution in [1.82, 2.24) is 15.1 Å². The van der Waals surface area contributed by atoms with E-state index in [0.29, 0.717) is 0 Å². The molecular formula is C15H18FN3O. The van der Waals surface area contributed by atoms with Gasteiger partial charge in [0.05, 0.1) is 6.20 Å². The number of ether oxygens (including phenoxy) is 1. The number of nitrogens with one attached hydrogen (secondary N) is 1. The second-order valence-electron chi connectivity index (χ2n) is 5.17. The van der Waals surface area contributed by atoms with Crippen molar-refractivity contribution in [3.05, 3.63) is 47.5 Å². The summed E-state index contributed by atoms with van der Waals surface area (Å²) in [6.45, 7) is 1.66. The summed E-state index contributed by atoms with van der Waals surface area (Å²) in [6, 6.07) is 4.71. The van der Waals surface area contributed by atoms with Crippen molar-refractivity contribution in [3.8, 4) is 5.75 Å². The fraction of sp³-hybridized carbons (Fsp3) is 0.400. The standard InChI is InChI=1S/C15H18FN3O/c1-19-10-11(8-18-19)4-5-17-9-14-7-12-6-13(16)2-3-15(12)20-14/h2-3,6,8,10,14,17H,4-5,7,9H2,1H3. The lowest BCUT2D eigenvalue weighted by atomic mass is 10.1. The third-order valence-electron chi connectivity index (χ3n) is 3.48. The number of rotatable bonds is 5. The van der Waals surface area contributed by atoms with Gasteiger partial charge >= 0.3 is 0 Å². The number of fused-ring (bicyclic) bond motifs is 1. The molecule has 0 radical (unpaired) electrons. The van der Waals surface area contributed by atoms with Crippen LogP contribution in [0.3, 0.4) is 0 Å². The molecule has 1 aromatic heterocycles. The summed E-state index contributed by atoms with van der Waals surface area (Å²) in [5.74, 6) is 0.614. The largest absolute Gasteiger partial charge is 0.488 e. The van der Waals surface area contributed by atoms with Crippen LogP contribution in [0.1, 0.15) is 11.1 Å². The first kappa shape index (κ1) is 13.1. The summed E-state index contributed by atoms with van der Waals surface area (Å²) in [5.41, 5.74) is 2.18. The normalized spacial score (nSPS) is 17.0. The summed E-state index contributed by atoms with van der Waals surface area (Å²) < 4.78 is 20.7. The molecule has 0 saturated carbocycles. The molecule has 0 bridgehead atoms. The first-order valence-corrected chi connectivity index (χ1v) is 6.84. The summed E-state index contributed by atoms with van der Waals surface area (Å²) in [7, 11) is 1.92. The number of aryl methyl sites for hydroxylation is 1. The molecular weight excluding hydrogens is 257 g/mol. The van der Waals surface area contributed by atoms with Crippen LogP contribution in [0.5, 0.6) is 5.75 Å². The Balaban J connectivity index is 1.42. The molecule has 3 rings (SSSR count). The molecule has 2 heterocycles. The molecule has 0 saturated heterocycles. The lowest BCUT2D eigenvalue weighted by Gasteiger charge is -2.11. The number of nitrogens with zero attached hydrogens (tertiary/aromatic N) is 2. The van der Waals surface area contributed by atoms with E-state index in [9.17, 15) is 4.39 Å². The Labute approximate surface area is 117 Å². The SMILES string of the molecule is Cn1cc(CCNCC2Cc3cc(F)ccc3O2)cn1. The minimum absolute atomic E-state index is 0.0979. The van der Waals surface area contributed by atoms with Gasteiger partial charge in [0, 0.05) is 31.8 Å². The fourth-order valence-electron chi connectivity index (χ4n) is 2.50. The van der Waals surface area contributed by atoms with E-state index in [1.54, 1.807) is 16.8 Å². The van der Waals surface area contributed by atoms with Crippen molar-refractivity contribution in [3.63, 3.8) is 0 Å². The Morgan fingerprint density at radius 2 is 2.40 bits per heavy atom. The van der Waals surface area contributed by atoms with Crippen LogP contribution < -0.4 is 10.1 Å². The smallest absolute Gasteiger partial charge is 0.123 e. The molecule has 1 aliphatic rings. The number of hydrogen-bond donors (Lipinski definition) is 1. The number of halogens is 1.